The SMILES string of the molecule is CCNC(=NCc1cccc(NC(=O)Cn2cccn2)c1)NCc1ccccc1F. The molecule has 156 valence electrons. The summed E-state index contributed by atoms with van der Waals surface area (Å²) in [5.74, 6) is 0.188. The highest BCUT2D eigenvalue weighted by Gasteiger charge is 2.05. The minimum absolute atomic E-state index is 0.153. The smallest absolute Gasteiger partial charge is 0.246 e. The third kappa shape index (κ3) is 6.44. The van der Waals surface area contributed by atoms with Gasteiger partial charge >= 0.3 is 0 Å². The lowest BCUT2D eigenvalue weighted by molar-refractivity contribution is -0.116. The Kier molecular flexibility index (Phi) is 7.54. The fourth-order valence-electron chi connectivity index (χ4n) is 2.82. The van der Waals surface area contributed by atoms with E-state index in [-0.39, 0.29) is 18.3 Å². The van der Waals surface area contributed by atoms with E-state index in [0.29, 0.717) is 36.8 Å². The zero-order chi connectivity index (χ0) is 21.2. The molecule has 0 saturated carbocycles. The van der Waals surface area contributed by atoms with Crippen LogP contribution in [0.2, 0.25) is 0 Å². The second kappa shape index (κ2) is 10.8. The van der Waals surface area contributed by atoms with Crippen molar-refractivity contribution >= 4 is 17.6 Å². The average molecular weight is 408 g/mol. The first kappa shape index (κ1) is 21.0. The van der Waals surface area contributed by atoms with Gasteiger partial charge in [0.15, 0.2) is 5.96 Å². The summed E-state index contributed by atoms with van der Waals surface area (Å²) in [6, 6.07) is 15.9. The molecule has 3 N–H and O–H groups in total. The quantitative estimate of drug-likeness (QED) is 0.395. The Labute approximate surface area is 175 Å². The van der Waals surface area contributed by atoms with Crippen molar-refractivity contribution in [3.05, 3.63) is 83.9 Å². The van der Waals surface area contributed by atoms with E-state index >= 15 is 0 Å². The molecule has 0 fully saturated rings. The zero-order valence-corrected chi connectivity index (χ0v) is 16.8. The van der Waals surface area contributed by atoms with E-state index in [0.717, 1.165) is 5.56 Å². The van der Waals surface area contributed by atoms with Gasteiger partial charge in [0.25, 0.3) is 0 Å². The van der Waals surface area contributed by atoms with E-state index in [1.54, 1.807) is 41.3 Å². The molecule has 0 aliphatic rings. The number of aromatic nitrogens is 2. The lowest BCUT2D eigenvalue weighted by atomic mass is 10.2. The molecule has 1 aromatic heterocycles. The van der Waals surface area contributed by atoms with Crippen LogP contribution in [0.25, 0.3) is 0 Å². The van der Waals surface area contributed by atoms with Crippen molar-refractivity contribution in [2.45, 2.75) is 26.6 Å². The molecule has 0 saturated heterocycles. The minimum Gasteiger partial charge on any atom is -0.357 e. The highest BCUT2D eigenvalue weighted by atomic mass is 19.1. The van der Waals surface area contributed by atoms with Crippen molar-refractivity contribution in [2.24, 2.45) is 4.99 Å². The van der Waals surface area contributed by atoms with E-state index in [1.807, 2.05) is 31.2 Å². The molecule has 0 aliphatic carbocycles. The Morgan fingerprint density at radius 2 is 2.00 bits per heavy atom. The standard InChI is InChI=1S/C22H25FN6O/c1-2-24-22(26-15-18-8-3-4-10-20(18)23)25-14-17-7-5-9-19(13-17)28-21(30)16-29-12-6-11-27-29/h3-13H,2,14-16H2,1H3,(H,28,30)(H2,24,25,26). The molecule has 0 radical (unpaired) electrons. The summed E-state index contributed by atoms with van der Waals surface area (Å²) in [6.07, 6.45) is 3.37. The number of hydrogen-bond acceptors (Lipinski definition) is 3. The van der Waals surface area contributed by atoms with Crippen molar-refractivity contribution in [1.82, 2.24) is 20.4 Å². The second-order valence-corrected chi connectivity index (χ2v) is 6.59. The van der Waals surface area contributed by atoms with Crippen molar-refractivity contribution in [1.29, 1.82) is 0 Å². The van der Waals surface area contributed by atoms with Crippen LogP contribution in [0.4, 0.5) is 10.1 Å². The fourth-order valence-corrected chi connectivity index (χ4v) is 2.82. The summed E-state index contributed by atoms with van der Waals surface area (Å²) in [6.45, 7) is 3.56. The molecule has 3 aromatic rings. The number of benzene rings is 2. The van der Waals surface area contributed by atoms with Crippen molar-refractivity contribution in [3.63, 3.8) is 0 Å². The van der Waals surface area contributed by atoms with Crippen LogP contribution >= 0.6 is 0 Å². The van der Waals surface area contributed by atoms with Gasteiger partial charge in [-0.25, -0.2) is 9.38 Å². The van der Waals surface area contributed by atoms with Crippen LogP contribution < -0.4 is 16.0 Å². The van der Waals surface area contributed by atoms with Crippen LogP contribution in [0.3, 0.4) is 0 Å². The molecule has 0 spiro atoms. The minimum atomic E-state index is -0.251. The molecule has 0 bridgehead atoms. The monoisotopic (exact) mass is 408 g/mol. The highest BCUT2D eigenvalue weighted by molar-refractivity contribution is 5.90. The number of anilines is 1. The number of carbonyl (C=O) groups is 1. The molecule has 7 nitrogen and oxygen atoms in total. The zero-order valence-electron chi connectivity index (χ0n) is 16.8. The van der Waals surface area contributed by atoms with Gasteiger partial charge in [0.2, 0.25) is 5.91 Å². The predicted molar refractivity (Wildman–Crippen MR) is 115 cm³/mol. The number of rotatable bonds is 8. The molecule has 0 unspecified atom stereocenters. The normalized spacial score (nSPS) is 11.2. The molecule has 0 atom stereocenters. The summed E-state index contributed by atoms with van der Waals surface area (Å²) in [5, 5.41) is 13.2. The number of aliphatic imine (C=N–C) groups is 1. The number of hydrogen-bond donors (Lipinski definition) is 3. The van der Waals surface area contributed by atoms with Crippen LogP contribution in [-0.2, 0) is 24.4 Å². The molecule has 0 aliphatic heterocycles. The van der Waals surface area contributed by atoms with E-state index in [2.05, 4.69) is 26.0 Å². The van der Waals surface area contributed by atoms with Crippen LogP contribution in [0.1, 0.15) is 18.1 Å². The van der Waals surface area contributed by atoms with Gasteiger partial charge in [-0.1, -0.05) is 30.3 Å². The number of nitrogens with one attached hydrogen (secondary N) is 3. The number of nitrogens with zero attached hydrogens (tertiary/aromatic N) is 3. The van der Waals surface area contributed by atoms with Gasteiger partial charge in [-0.05, 0) is 36.8 Å². The summed E-state index contributed by atoms with van der Waals surface area (Å²) in [7, 11) is 0. The molecule has 2 aromatic carbocycles. The summed E-state index contributed by atoms with van der Waals surface area (Å²) in [4.78, 5) is 16.7. The van der Waals surface area contributed by atoms with Gasteiger partial charge in [-0.15, -0.1) is 0 Å². The molecular weight excluding hydrogens is 383 g/mol. The van der Waals surface area contributed by atoms with Crippen LogP contribution in [0.5, 0.6) is 0 Å². The Morgan fingerprint density at radius 3 is 2.77 bits per heavy atom. The maximum atomic E-state index is 13.8. The first-order valence-electron chi connectivity index (χ1n) is 9.76. The summed E-state index contributed by atoms with van der Waals surface area (Å²) < 4.78 is 15.4. The molecular formula is C22H25FN6O. The Morgan fingerprint density at radius 1 is 1.13 bits per heavy atom. The average Bonchev–Trinajstić information content (AvgIpc) is 3.24. The lowest BCUT2D eigenvalue weighted by Gasteiger charge is -2.12. The van der Waals surface area contributed by atoms with Crippen molar-refractivity contribution in [2.75, 3.05) is 11.9 Å². The van der Waals surface area contributed by atoms with Crippen LogP contribution in [-0.4, -0.2) is 28.2 Å². The molecule has 3 rings (SSSR count). The largest absolute Gasteiger partial charge is 0.357 e. The van der Waals surface area contributed by atoms with Gasteiger partial charge in [-0.2, -0.15) is 5.10 Å². The maximum absolute atomic E-state index is 13.8. The first-order valence-corrected chi connectivity index (χ1v) is 9.76. The van der Waals surface area contributed by atoms with Gasteiger partial charge in [0, 0.05) is 36.7 Å². The van der Waals surface area contributed by atoms with E-state index < -0.39 is 0 Å². The van der Waals surface area contributed by atoms with E-state index in [9.17, 15) is 9.18 Å². The molecule has 30 heavy (non-hydrogen) atoms. The van der Waals surface area contributed by atoms with Gasteiger partial charge in [-0.3, -0.25) is 9.48 Å². The summed E-state index contributed by atoms with van der Waals surface area (Å²) >= 11 is 0. The number of guanidine groups is 1. The number of halogens is 1. The Bertz CT molecular complexity index is 987. The molecule has 8 heteroatoms. The van der Waals surface area contributed by atoms with Gasteiger partial charge in [0.1, 0.15) is 12.4 Å². The van der Waals surface area contributed by atoms with Crippen LogP contribution in [0.15, 0.2) is 72.0 Å². The van der Waals surface area contributed by atoms with Crippen LogP contribution in [0, 0.1) is 5.82 Å². The lowest BCUT2D eigenvalue weighted by Crippen LogP contribution is -2.37. The third-order valence-electron chi connectivity index (χ3n) is 4.24. The fraction of sp³-hybridized carbons (Fsp3) is 0.227. The summed E-state index contributed by atoms with van der Waals surface area (Å²) in [5.41, 5.74) is 2.21. The van der Waals surface area contributed by atoms with Crippen molar-refractivity contribution in [3.8, 4) is 0 Å². The van der Waals surface area contributed by atoms with Gasteiger partial charge in [0.05, 0.1) is 6.54 Å². The van der Waals surface area contributed by atoms with E-state index in [1.165, 1.54) is 6.07 Å². The highest BCUT2D eigenvalue weighted by Crippen LogP contribution is 2.12. The van der Waals surface area contributed by atoms with Gasteiger partial charge < -0.3 is 16.0 Å². The Hall–Kier alpha value is -3.68. The van der Waals surface area contributed by atoms with Crippen molar-refractivity contribution < 1.29 is 9.18 Å². The number of carbonyl (C=O) groups excluding carboxylic acids is 1. The molecule has 1 heterocycles. The van der Waals surface area contributed by atoms with E-state index in [4.69, 9.17) is 0 Å². The third-order valence-corrected chi connectivity index (χ3v) is 4.24. The topological polar surface area (TPSA) is 83.3 Å². The second-order valence-electron chi connectivity index (χ2n) is 6.59. The maximum Gasteiger partial charge on any atom is 0.246 e. The Balaban J connectivity index is 1.59. The predicted octanol–water partition coefficient (Wildman–Crippen LogP) is 2.92. The number of amides is 1. The first-order chi connectivity index (χ1) is 14.6. The molecule has 1 amide bonds.